The maximum absolute atomic E-state index is 13.6. The van der Waals surface area contributed by atoms with Crippen molar-refractivity contribution in [3.05, 3.63) is 39.3 Å². The molecule has 0 unspecified atom stereocenters. The van der Waals surface area contributed by atoms with Crippen LogP contribution in [-0.2, 0) is 4.74 Å². The molecule has 2 aromatic rings. The van der Waals surface area contributed by atoms with E-state index in [1.165, 1.54) is 13.3 Å². The molecule has 1 aromatic carbocycles. The van der Waals surface area contributed by atoms with Gasteiger partial charge in [-0.3, -0.25) is 0 Å². The first kappa shape index (κ1) is 13.9. The van der Waals surface area contributed by atoms with Crippen LogP contribution >= 0.6 is 27.3 Å². The SMILES string of the molecule is COC(=O)c1cnc(Nc2c(F)cc(F)cc2Br)s1. The molecule has 0 radical (unpaired) electrons. The minimum atomic E-state index is -0.762. The van der Waals surface area contributed by atoms with Crippen molar-refractivity contribution in [2.24, 2.45) is 0 Å². The van der Waals surface area contributed by atoms with Crippen LogP contribution in [0.25, 0.3) is 0 Å². The van der Waals surface area contributed by atoms with Gasteiger partial charge in [0.2, 0.25) is 0 Å². The lowest BCUT2D eigenvalue weighted by molar-refractivity contribution is 0.0606. The van der Waals surface area contributed by atoms with Crippen molar-refractivity contribution in [2.75, 3.05) is 12.4 Å². The average molecular weight is 349 g/mol. The van der Waals surface area contributed by atoms with Gasteiger partial charge in [-0.1, -0.05) is 11.3 Å². The predicted octanol–water partition coefficient (Wildman–Crippen LogP) is 3.71. The van der Waals surface area contributed by atoms with Gasteiger partial charge in [0.1, 0.15) is 10.7 Å². The zero-order valence-electron chi connectivity index (χ0n) is 9.54. The second-order valence-corrected chi connectivity index (χ2v) is 5.28. The summed E-state index contributed by atoms with van der Waals surface area (Å²) in [6.45, 7) is 0. The highest BCUT2D eigenvalue weighted by Crippen LogP contribution is 2.31. The monoisotopic (exact) mass is 348 g/mol. The largest absolute Gasteiger partial charge is 0.465 e. The summed E-state index contributed by atoms with van der Waals surface area (Å²) in [4.78, 5) is 15.4. The van der Waals surface area contributed by atoms with Gasteiger partial charge >= 0.3 is 5.97 Å². The minimum Gasteiger partial charge on any atom is -0.465 e. The topological polar surface area (TPSA) is 51.2 Å². The van der Waals surface area contributed by atoms with Crippen molar-refractivity contribution in [3.8, 4) is 0 Å². The van der Waals surface area contributed by atoms with Crippen LogP contribution in [0.1, 0.15) is 9.67 Å². The molecule has 0 atom stereocenters. The molecule has 100 valence electrons. The number of aromatic nitrogens is 1. The van der Waals surface area contributed by atoms with Crippen molar-refractivity contribution in [1.29, 1.82) is 0 Å². The van der Waals surface area contributed by atoms with E-state index >= 15 is 0 Å². The summed E-state index contributed by atoms with van der Waals surface area (Å²) in [7, 11) is 1.26. The molecule has 2 rings (SSSR count). The smallest absolute Gasteiger partial charge is 0.349 e. The third-order valence-electron chi connectivity index (χ3n) is 2.13. The summed E-state index contributed by atoms with van der Waals surface area (Å²) in [5.74, 6) is -1.98. The Balaban J connectivity index is 2.27. The summed E-state index contributed by atoms with van der Waals surface area (Å²) in [6.07, 6.45) is 1.31. The number of carbonyl (C=O) groups excluding carboxylic acids is 1. The number of hydrogen-bond donors (Lipinski definition) is 1. The van der Waals surface area contributed by atoms with Gasteiger partial charge < -0.3 is 10.1 Å². The number of rotatable bonds is 3. The van der Waals surface area contributed by atoms with Crippen LogP contribution in [0.15, 0.2) is 22.8 Å². The zero-order valence-corrected chi connectivity index (χ0v) is 11.9. The number of thiazole rings is 1. The van der Waals surface area contributed by atoms with E-state index < -0.39 is 17.6 Å². The highest BCUT2D eigenvalue weighted by Gasteiger charge is 2.14. The first-order valence-corrected chi connectivity index (χ1v) is 6.58. The Hall–Kier alpha value is -1.54. The molecule has 0 saturated heterocycles. The lowest BCUT2D eigenvalue weighted by atomic mass is 10.3. The average Bonchev–Trinajstić information content (AvgIpc) is 2.81. The zero-order chi connectivity index (χ0) is 14.0. The molecule has 1 heterocycles. The van der Waals surface area contributed by atoms with E-state index in [-0.39, 0.29) is 15.0 Å². The molecule has 8 heteroatoms. The minimum absolute atomic E-state index is 0.0483. The number of anilines is 2. The Kier molecular flexibility index (Phi) is 4.11. The summed E-state index contributed by atoms with van der Waals surface area (Å²) in [5, 5.41) is 2.98. The summed E-state index contributed by atoms with van der Waals surface area (Å²) in [6, 6.07) is 1.88. The number of nitrogens with zero attached hydrogens (tertiary/aromatic N) is 1. The van der Waals surface area contributed by atoms with E-state index in [0.29, 0.717) is 5.13 Å². The van der Waals surface area contributed by atoms with Crippen LogP contribution in [0, 0.1) is 11.6 Å². The van der Waals surface area contributed by atoms with E-state index in [1.54, 1.807) is 0 Å². The number of benzene rings is 1. The highest BCUT2D eigenvalue weighted by atomic mass is 79.9. The molecule has 0 spiro atoms. The number of halogens is 3. The van der Waals surface area contributed by atoms with Gasteiger partial charge in [-0.15, -0.1) is 0 Å². The Morgan fingerprint density at radius 3 is 2.84 bits per heavy atom. The first-order valence-electron chi connectivity index (χ1n) is 4.97. The molecule has 0 bridgehead atoms. The van der Waals surface area contributed by atoms with Crippen molar-refractivity contribution < 1.29 is 18.3 Å². The van der Waals surface area contributed by atoms with E-state index in [1.807, 2.05) is 0 Å². The fraction of sp³-hybridized carbons (Fsp3) is 0.0909. The molecule has 19 heavy (non-hydrogen) atoms. The molecule has 0 fully saturated rings. The van der Waals surface area contributed by atoms with Gasteiger partial charge in [-0.25, -0.2) is 18.6 Å². The predicted molar refractivity (Wildman–Crippen MR) is 70.8 cm³/mol. The van der Waals surface area contributed by atoms with Gasteiger partial charge in [0, 0.05) is 10.5 Å². The third kappa shape index (κ3) is 3.07. The summed E-state index contributed by atoms with van der Waals surface area (Å²) >= 11 is 4.05. The van der Waals surface area contributed by atoms with Gasteiger partial charge in [-0.05, 0) is 22.0 Å². The Labute approximate surface area is 119 Å². The van der Waals surface area contributed by atoms with E-state index in [9.17, 15) is 13.6 Å². The molecule has 0 aliphatic rings. The second kappa shape index (κ2) is 5.62. The molecule has 0 aliphatic heterocycles. The Morgan fingerprint density at radius 1 is 1.47 bits per heavy atom. The fourth-order valence-electron chi connectivity index (χ4n) is 1.30. The molecule has 1 N–H and O–H groups in total. The van der Waals surface area contributed by atoms with Gasteiger partial charge in [0.25, 0.3) is 0 Å². The van der Waals surface area contributed by atoms with Crippen LogP contribution in [-0.4, -0.2) is 18.1 Å². The number of methoxy groups -OCH3 is 1. The standard InChI is InChI=1S/C11H7BrF2N2O2S/c1-18-10(17)8-4-15-11(19-8)16-9-6(12)2-5(13)3-7(9)14/h2-4H,1H3,(H,15,16). The molecule has 0 saturated carbocycles. The van der Waals surface area contributed by atoms with E-state index in [0.717, 1.165) is 23.5 Å². The molecule has 0 aliphatic carbocycles. The van der Waals surface area contributed by atoms with Gasteiger partial charge in [-0.2, -0.15) is 0 Å². The van der Waals surface area contributed by atoms with Crippen LogP contribution in [0.4, 0.5) is 19.6 Å². The van der Waals surface area contributed by atoms with E-state index in [4.69, 9.17) is 0 Å². The molecule has 4 nitrogen and oxygen atoms in total. The van der Waals surface area contributed by atoms with Crippen molar-refractivity contribution in [2.45, 2.75) is 0 Å². The quantitative estimate of drug-likeness (QED) is 0.859. The maximum Gasteiger partial charge on any atom is 0.349 e. The van der Waals surface area contributed by atoms with Crippen LogP contribution in [0.3, 0.4) is 0 Å². The number of nitrogens with one attached hydrogen (secondary N) is 1. The number of carbonyl (C=O) groups is 1. The first-order chi connectivity index (χ1) is 9.01. The van der Waals surface area contributed by atoms with Crippen molar-refractivity contribution in [3.63, 3.8) is 0 Å². The normalized spacial score (nSPS) is 10.3. The molecular formula is C11H7BrF2N2O2S. The molecule has 0 amide bonds. The molecule has 1 aromatic heterocycles. The second-order valence-electron chi connectivity index (χ2n) is 3.39. The summed E-state index contributed by atoms with van der Waals surface area (Å²) < 4.78 is 31.3. The molecular weight excluding hydrogens is 342 g/mol. The fourth-order valence-corrected chi connectivity index (χ4v) is 2.54. The maximum atomic E-state index is 13.6. The lowest BCUT2D eigenvalue weighted by Crippen LogP contribution is -1.97. The summed E-state index contributed by atoms with van der Waals surface area (Å²) in [5.41, 5.74) is 0.0483. The van der Waals surface area contributed by atoms with Crippen LogP contribution in [0.2, 0.25) is 0 Å². The number of ether oxygens (including phenoxy) is 1. The lowest BCUT2D eigenvalue weighted by Gasteiger charge is -2.06. The third-order valence-corrected chi connectivity index (χ3v) is 3.65. The van der Waals surface area contributed by atoms with Crippen molar-refractivity contribution in [1.82, 2.24) is 4.98 Å². The van der Waals surface area contributed by atoms with Crippen LogP contribution < -0.4 is 5.32 Å². The highest BCUT2D eigenvalue weighted by molar-refractivity contribution is 9.10. The number of hydrogen-bond acceptors (Lipinski definition) is 5. The number of esters is 1. The van der Waals surface area contributed by atoms with E-state index in [2.05, 4.69) is 31.0 Å². The van der Waals surface area contributed by atoms with Crippen molar-refractivity contribution >= 4 is 44.1 Å². The Morgan fingerprint density at radius 2 is 2.21 bits per heavy atom. The van der Waals surface area contributed by atoms with Gasteiger partial charge in [0.05, 0.1) is 19.0 Å². The Bertz CT molecular complexity index is 610. The van der Waals surface area contributed by atoms with Gasteiger partial charge in [0.15, 0.2) is 10.9 Å². The van der Waals surface area contributed by atoms with Crippen LogP contribution in [0.5, 0.6) is 0 Å².